The molecule has 0 aliphatic heterocycles. The van der Waals surface area contributed by atoms with Crippen molar-refractivity contribution < 1.29 is 70.6 Å². The number of hydrogen-bond donors (Lipinski definition) is 0. The molecule has 0 amide bonds. The van der Waals surface area contributed by atoms with E-state index in [4.69, 9.17) is 43.2 Å². The van der Waals surface area contributed by atoms with Crippen molar-refractivity contribution >= 4 is 29.8 Å². The van der Waals surface area contributed by atoms with Crippen molar-refractivity contribution in [1.82, 2.24) is 0 Å². The fourth-order valence-corrected chi connectivity index (χ4v) is 6.77. The van der Waals surface area contributed by atoms with Crippen LogP contribution < -0.4 is 23.7 Å². The lowest BCUT2D eigenvalue weighted by Crippen LogP contribution is -2.17. The highest BCUT2D eigenvalue weighted by atomic mass is 19.1. The molecule has 0 aromatic heterocycles. The Balaban J connectivity index is 0.00000177. The minimum absolute atomic E-state index is 0. The average Bonchev–Trinajstić information content (AvgIpc) is 3.58. The third-order valence-electron chi connectivity index (χ3n) is 10.3. The highest BCUT2D eigenvalue weighted by Crippen LogP contribution is 2.50. The van der Waals surface area contributed by atoms with Gasteiger partial charge in [0.2, 0.25) is 20.4 Å². The number of benzene rings is 6. The largest absolute Gasteiger partial charge is 0.457 e. The zero-order chi connectivity index (χ0) is 50.4. The Morgan fingerprint density at radius 2 is 0.816 bits per heavy atom. The molecular weight excluding hydrogens is 981 g/mol. The van der Waals surface area contributed by atoms with E-state index in [1.165, 1.54) is 24.3 Å². The van der Waals surface area contributed by atoms with E-state index < -0.39 is 60.5 Å². The molecule has 0 fully saturated rings. The summed E-state index contributed by atoms with van der Waals surface area (Å²) in [5.74, 6) is -4.59. The first kappa shape index (κ1) is 66.6. The van der Waals surface area contributed by atoms with E-state index >= 15 is 0 Å². The second-order valence-electron chi connectivity index (χ2n) is 15.1. The summed E-state index contributed by atoms with van der Waals surface area (Å²) in [5, 5.41) is 8.77. The molecule has 7 rings (SSSR count). The van der Waals surface area contributed by atoms with Crippen LogP contribution in [0.5, 0.6) is 28.7 Å². The van der Waals surface area contributed by atoms with Gasteiger partial charge in [0.25, 0.3) is 0 Å². The summed E-state index contributed by atoms with van der Waals surface area (Å²) in [6.07, 6.45) is 2.99. The van der Waals surface area contributed by atoms with Crippen LogP contribution >= 0.6 is 0 Å². The van der Waals surface area contributed by atoms with Crippen LogP contribution in [0.15, 0.2) is 159 Å². The molecule has 0 bridgehead atoms. The number of ether oxygens (including phenoxy) is 8. The standard InChI is InChI=1S/C37H28F2O10.C17H13NO3.6CH4/c1-5-33(40)46-19-44-21-7-13-27(31(38)17-21)35(42)48-23-9-11-25-26-12-10-24(16-30(26)37(3,4)29(25)15-23)49-36(43)28-14-8-22(18-32(28)39)45-20-47-34(41)6-2;1-2-17(19)21-12-20-16-9-7-15(8-10-16)14-5-3-13(11-18)4-6-14;;;;;;/h5-18H,1-2,19-20H2,3-4H3;2-10H,1,12H2;6*1H4. The predicted molar refractivity (Wildman–Crippen MR) is 289 cm³/mol. The molecule has 76 heavy (non-hydrogen) atoms. The molecule has 1 aliphatic rings. The van der Waals surface area contributed by atoms with Crippen LogP contribution in [0.4, 0.5) is 8.78 Å². The van der Waals surface area contributed by atoms with E-state index in [1.54, 1.807) is 60.7 Å². The summed E-state index contributed by atoms with van der Waals surface area (Å²) in [4.78, 5) is 58.8. The number of nitriles is 1. The van der Waals surface area contributed by atoms with Gasteiger partial charge in [0.1, 0.15) is 40.4 Å². The molecular formula is C60H65F2NO13. The van der Waals surface area contributed by atoms with Crippen molar-refractivity contribution in [3.63, 3.8) is 0 Å². The summed E-state index contributed by atoms with van der Waals surface area (Å²) in [7, 11) is 0. The molecule has 0 heterocycles. The monoisotopic (exact) mass is 1050 g/mol. The fourth-order valence-electron chi connectivity index (χ4n) is 6.77. The number of halogens is 2. The Morgan fingerprint density at radius 1 is 0.487 bits per heavy atom. The van der Waals surface area contributed by atoms with Crippen LogP contribution in [0.1, 0.15) is 95.8 Å². The van der Waals surface area contributed by atoms with Crippen molar-refractivity contribution in [1.29, 1.82) is 5.26 Å². The molecule has 0 radical (unpaired) electrons. The Bertz CT molecular complexity index is 2890. The average molecular weight is 1050 g/mol. The fraction of sp³-hybridized carbons (Fsp3) is 0.200. The highest BCUT2D eigenvalue weighted by molar-refractivity contribution is 5.93. The number of nitrogens with zero attached hydrogens (tertiary/aromatic N) is 1. The van der Waals surface area contributed by atoms with E-state index in [1.807, 2.05) is 38.1 Å². The minimum Gasteiger partial charge on any atom is -0.457 e. The number of esters is 5. The van der Waals surface area contributed by atoms with E-state index in [0.29, 0.717) is 11.3 Å². The highest BCUT2D eigenvalue weighted by Gasteiger charge is 2.36. The summed E-state index contributed by atoms with van der Waals surface area (Å²) >= 11 is 0. The number of carbonyl (C=O) groups is 5. The number of carbonyl (C=O) groups excluding carboxylic acids is 5. The number of hydrogen-bond acceptors (Lipinski definition) is 14. The molecule has 6 aromatic rings. The zero-order valence-corrected chi connectivity index (χ0v) is 37.5. The van der Waals surface area contributed by atoms with E-state index in [-0.39, 0.29) is 85.5 Å². The summed E-state index contributed by atoms with van der Waals surface area (Å²) in [6.45, 7) is 12.6. The molecule has 0 N–H and O–H groups in total. The van der Waals surface area contributed by atoms with Gasteiger partial charge in [-0.15, -0.1) is 0 Å². The van der Waals surface area contributed by atoms with Crippen LogP contribution in [-0.4, -0.2) is 50.2 Å². The van der Waals surface area contributed by atoms with Gasteiger partial charge in [0, 0.05) is 35.8 Å². The third-order valence-corrected chi connectivity index (χ3v) is 10.3. The van der Waals surface area contributed by atoms with Crippen LogP contribution in [0.3, 0.4) is 0 Å². The maximum Gasteiger partial charge on any atom is 0.346 e. The normalized spacial score (nSPS) is 10.4. The lowest BCUT2D eigenvalue weighted by Gasteiger charge is -2.22. The van der Waals surface area contributed by atoms with Crippen molar-refractivity contribution in [2.75, 3.05) is 20.4 Å². The summed E-state index contributed by atoms with van der Waals surface area (Å²) in [6, 6.07) is 33.8. The van der Waals surface area contributed by atoms with Gasteiger partial charge in [-0.1, -0.05) is 115 Å². The maximum atomic E-state index is 14.7. The second-order valence-corrected chi connectivity index (χ2v) is 15.1. The molecule has 0 spiro atoms. The second kappa shape index (κ2) is 30.6. The topological polar surface area (TPSA) is 183 Å². The minimum atomic E-state index is -0.937. The lowest BCUT2D eigenvalue weighted by molar-refractivity contribution is -0.145. The van der Waals surface area contributed by atoms with Crippen molar-refractivity contribution in [2.24, 2.45) is 0 Å². The predicted octanol–water partition coefficient (Wildman–Crippen LogP) is 13.9. The summed E-state index contributed by atoms with van der Waals surface area (Å²) < 4.78 is 70.2. The van der Waals surface area contributed by atoms with Crippen LogP contribution in [0.2, 0.25) is 0 Å². The first-order valence-corrected chi connectivity index (χ1v) is 20.8. The molecule has 402 valence electrons. The van der Waals surface area contributed by atoms with Crippen molar-refractivity contribution in [2.45, 2.75) is 63.8 Å². The van der Waals surface area contributed by atoms with Gasteiger partial charge in [0.15, 0.2) is 0 Å². The van der Waals surface area contributed by atoms with Crippen LogP contribution in [0, 0.1) is 23.0 Å². The first-order valence-electron chi connectivity index (χ1n) is 20.8. The summed E-state index contributed by atoms with van der Waals surface area (Å²) in [5.41, 5.74) is 4.64. The van der Waals surface area contributed by atoms with Gasteiger partial charge in [-0.2, -0.15) is 5.26 Å². The van der Waals surface area contributed by atoms with Crippen molar-refractivity contribution in [3.8, 4) is 57.1 Å². The quantitative estimate of drug-likeness (QED) is 0.0276. The number of rotatable bonds is 17. The Hall–Kier alpha value is -9.36. The molecule has 1 aliphatic carbocycles. The van der Waals surface area contributed by atoms with Gasteiger partial charge < -0.3 is 37.9 Å². The van der Waals surface area contributed by atoms with Gasteiger partial charge in [-0.25, -0.2) is 32.8 Å². The lowest BCUT2D eigenvalue weighted by atomic mass is 9.82. The zero-order valence-electron chi connectivity index (χ0n) is 37.5. The van der Waals surface area contributed by atoms with Gasteiger partial charge in [-0.3, -0.25) is 0 Å². The van der Waals surface area contributed by atoms with Crippen LogP contribution in [0.25, 0.3) is 22.3 Å². The molecule has 16 heteroatoms. The van der Waals surface area contributed by atoms with Gasteiger partial charge >= 0.3 is 29.8 Å². The van der Waals surface area contributed by atoms with Gasteiger partial charge in [-0.05, 0) is 106 Å². The SMILES string of the molecule is C.C.C.C.C.C.C=CC(=O)OCOc1ccc(-c2ccc(C#N)cc2)cc1.C=CC(=O)OCOc1ccc(C(=O)Oc2ccc3c(c2)C(C)(C)c2cc(OC(=O)c4ccc(OCOC(=O)C=C)cc4F)ccc2-3)c(F)c1. The Kier molecular flexibility index (Phi) is 26.8. The van der Waals surface area contributed by atoms with Gasteiger partial charge in [0.05, 0.1) is 22.8 Å². The van der Waals surface area contributed by atoms with E-state index in [2.05, 4.69) is 25.8 Å². The number of fused-ring (bicyclic) bond motifs is 3. The molecule has 0 unspecified atom stereocenters. The molecule has 0 saturated carbocycles. The first-order chi connectivity index (χ1) is 33.6. The van der Waals surface area contributed by atoms with Crippen molar-refractivity contribution in [3.05, 3.63) is 199 Å². The molecule has 6 aromatic carbocycles. The molecule has 14 nitrogen and oxygen atoms in total. The Labute approximate surface area is 444 Å². The molecule has 0 atom stereocenters. The molecule has 0 saturated heterocycles. The van der Waals surface area contributed by atoms with E-state index in [9.17, 15) is 32.8 Å². The smallest absolute Gasteiger partial charge is 0.346 e. The Morgan fingerprint density at radius 3 is 1.16 bits per heavy atom. The van der Waals surface area contributed by atoms with Crippen LogP contribution in [-0.2, 0) is 34.0 Å². The third kappa shape index (κ3) is 16.9. The van der Waals surface area contributed by atoms with E-state index in [0.717, 1.165) is 63.7 Å². The maximum absolute atomic E-state index is 14.7.